The molecule has 3 fully saturated rings. The number of carboxylic acids is 2. The van der Waals surface area contributed by atoms with Gasteiger partial charge in [-0.3, -0.25) is 9.69 Å². The first-order valence-electron chi connectivity index (χ1n) is 8.98. The molecule has 0 aromatic carbocycles. The minimum absolute atomic E-state index is 0.229. The lowest BCUT2D eigenvalue weighted by molar-refractivity contribution is -0.159. The van der Waals surface area contributed by atoms with Crippen molar-refractivity contribution < 1.29 is 24.6 Å². The predicted octanol–water partition coefficient (Wildman–Crippen LogP) is 1.85. The maximum absolute atomic E-state index is 12.3. The molecule has 2 heterocycles. The first-order valence-corrected chi connectivity index (χ1v) is 9.86. The Bertz CT molecular complexity index is 643. The molecule has 4 rings (SSSR count). The quantitative estimate of drug-likeness (QED) is 0.760. The van der Waals surface area contributed by atoms with Gasteiger partial charge in [0.2, 0.25) is 0 Å². The van der Waals surface area contributed by atoms with Crippen LogP contribution >= 0.6 is 11.3 Å². The van der Waals surface area contributed by atoms with Crippen molar-refractivity contribution in [2.24, 2.45) is 11.8 Å². The molecule has 2 bridgehead atoms. The molecule has 1 aromatic heterocycles. The molecule has 0 radical (unpaired) electrons. The highest BCUT2D eigenvalue weighted by Gasteiger charge is 2.42. The van der Waals surface area contributed by atoms with Gasteiger partial charge in [0, 0.05) is 32.2 Å². The normalized spacial score (nSPS) is 27.7. The van der Waals surface area contributed by atoms with Crippen LogP contribution in [0.4, 0.5) is 0 Å². The van der Waals surface area contributed by atoms with E-state index in [1.54, 1.807) is 11.3 Å². The summed E-state index contributed by atoms with van der Waals surface area (Å²) in [4.78, 5) is 36.1. The Morgan fingerprint density at radius 1 is 1.00 bits per heavy atom. The molecule has 1 aliphatic heterocycles. The highest BCUT2D eigenvalue weighted by molar-refractivity contribution is 7.12. The zero-order chi connectivity index (χ0) is 18.7. The molecule has 1 amide bonds. The molecule has 2 aliphatic carbocycles. The Kier molecular flexibility index (Phi) is 5.93. The second kappa shape index (κ2) is 8.18. The van der Waals surface area contributed by atoms with Gasteiger partial charge >= 0.3 is 11.9 Å². The van der Waals surface area contributed by atoms with E-state index in [9.17, 15) is 4.79 Å². The molecule has 142 valence electrons. The minimum atomic E-state index is -1.82. The van der Waals surface area contributed by atoms with E-state index >= 15 is 0 Å². The van der Waals surface area contributed by atoms with Crippen molar-refractivity contribution in [1.29, 1.82) is 0 Å². The van der Waals surface area contributed by atoms with E-state index in [-0.39, 0.29) is 5.91 Å². The van der Waals surface area contributed by atoms with Gasteiger partial charge in [-0.1, -0.05) is 12.5 Å². The number of hydrogen-bond donors (Lipinski definition) is 2. The molecule has 1 saturated heterocycles. The first-order chi connectivity index (χ1) is 12.5. The van der Waals surface area contributed by atoms with Crippen molar-refractivity contribution in [3.8, 4) is 0 Å². The summed E-state index contributed by atoms with van der Waals surface area (Å²) >= 11 is 1.56. The van der Waals surface area contributed by atoms with Crippen LogP contribution in [0.1, 0.15) is 35.4 Å². The summed E-state index contributed by atoms with van der Waals surface area (Å²) in [6.07, 6.45) is 5.81. The number of rotatable bonds is 2. The monoisotopic (exact) mass is 380 g/mol. The standard InChI is InChI=1S/C16H22N2OS.C2H2O4/c19-16(15-2-1-9-20-15)18-7-5-17(6-8-18)14-11-12-3-4-13(14)10-12;3-1(4)2(5)6/h1-2,9,12-14H,3-8,10-11H2;(H,3,4)(H,5,6). The van der Waals surface area contributed by atoms with E-state index in [0.29, 0.717) is 0 Å². The van der Waals surface area contributed by atoms with Crippen molar-refractivity contribution in [3.63, 3.8) is 0 Å². The number of carbonyl (C=O) groups excluding carboxylic acids is 1. The number of amides is 1. The number of aliphatic carboxylic acids is 2. The summed E-state index contributed by atoms with van der Waals surface area (Å²) in [6, 6.07) is 4.73. The van der Waals surface area contributed by atoms with Crippen LogP contribution in [0.15, 0.2) is 17.5 Å². The van der Waals surface area contributed by atoms with Crippen LogP contribution < -0.4 is 0 Å². The fourth-order valence-corrected chi connectivity index (χ4v) is 5.16. The Morgan fingerprint density at radius 3 is 2.15 bits per heavy atom. The summed E-state index contributed by atoms with van der Waals surface area (Å²) in [5, 5.41) is 16.8. The zero-order valence-electron chi connectivity index (χ0n) is 14.5. The van der Waals surface area contributed by atoms with Gasteiger partial charge in [-0.05, 0) is 42.5 Å². The highest BCUT2D eigenvalue weighted by atomic mass is 32.1. The predicted molar refractivity (Wildman–Crippen MR) is 96.3 cm³/mol. The average molecular weight is 380 g/mol. The molecule has 0 spiro atoms. The molecule has 26 heavy (non-hydrogen) atoms. The number of carboxylic acid groups (broad SMARTS) is 2. The summed E-state index contributed by atoms with van der Waals surface area (Å²) in [5.74, 6) is -1.45. The maximum Gasteiger partial charge on any atom is 0.414 e. The lowest BCUT2D eigenvalue weighted by Crippen LogP contribution is -2.53. The van der Waals surface area contributed by atoms with Crippen molar-refractivity contribution in [2.75, 3.05) is 26.2 Å². The molecular weight excluding hydrogens is 356 g/mol. The Hall–Kier alpha value is -1.93. The zero-order valence-corrected chi connectivity index (χ0v) is 15.4. The van der Waals surface area contributed by atoms with Gasteiger partial charge in [0.25, 0.3) is 5.91 Å². The van der Waals surface area contributed by atoms with E-state index < -0.39 is 11.9 Å². The molecular formula is C18H24N2O5S. The summed E-state index contributed by atoms with van der Waals surface area (Å²) in [5.41, 5.74) is 0. The molecule has 3 unspecified atom stereocenters. The summed E-state index contributed by atoms with van der Waals surface area (Å²) < 4.78 is 0. The lowest BCUT2D eigenvalue weighted by atomic mass is 9.93. The minimum Gasteiger partial charge on any atom is -0.473 e. The molecule has 1 aromatic rings. The van der Waals surface area contributed by atoms with Gasteiger partial charge < -0.3 is 15.1 Å². The van der Waals surface area contributed by atoms with E-state index in [4.69, 9.17) is 19.8 Å². The van der Waals surface area contributed by atoms with Crippen molar-refractivity contribution in [3.05, 3.63) is 22.4 Å². The summed E-state index contributed by atoms with van der Waals surface area (Å²) in [6.45, 7) is 3.96. The van der Waals surface area contributed by atoms with Gasteiger partial charge in [-0.15, -0.1) is 11.3 Å². The average Bonchev–Trinajstić information content (AvgIpc) is 3.39. The molecule has 2 saturated carbocycles. The third-order valence-electron chi connectivity index (χ3n) is 5.69. The maximum atomic E-state index is 12.3. The lowest BCUT2D eigenvalue weighted by Gasteiger charge is -2.40. The number of nitrogens with zero attached hydrogens (tertiary/aromatic N) is 2. The van der Waals surface area contributed by atoms with Crippen LogP contribution in [0, 0.1) is 11.8 Å². The molecule has 8 heteroatoms. The van der Waals surface area contributed by atoms with Crippen LogP contribution in [-0.2, 0) is 9.59 Å². The first kappa shape index (κ1) is 18.8. The molecule has 3 aliphatic rings. The molecule has 7 nitrogen and oxygen atoms in total. The fraction of sp³-hybridized carbons (Fsp3) is 0.611. The molecule has 2 N–H and O–H groups in total. The number of carbonyl (C=O) groups is 3. The van der Waals surface area contributed by atoms with Gasteiger partial charge in [0.1, 0.15) is 0 Å². The van der Waals surface area contributed by atoms with Gasteiger partial charge in [-0.25, -0.2) is 9.59 Å². The Morgan fingerprint density at radius 2 is 1.69 bits per heavy atom. The van der Waals surface area contributed by atoms with E-state index in [0.717, 1.165) is 48.9 Å². The number of piperazine rings is 1. The number of hydrogen-bond acceptors (Lipinski definition) is 5. The number of thiophene rings is 1. The van der Waals surface area contributed by atoms with Gasteiger partial charge in [0.05, 0.1) is 4.88 Å². The van der Waals surface area contributed by atoms with Gasteiger partial charge in [0.15, 0.2) is 0 Å². The van der Waals surface area contributed by atoms with Crippen LogP contribution in [0.3, 0.4) is 0 Å². The van der Waals surface area contributed by atoms with E-state index in [2.05, 4.69) is 4.90 Å². The van der Waals surface area contributed by atoms with Crippen molar-refractivity contribution in [1.82, 2.24) is 9.80 Å². The second-order valence-corrected chi connectivity index (χ2v) is 8.11. The number of fused-ring (bicyclic) bond motifs is 2. The Labute approximate surface area is 156 Å². The van der Waals surface area contributed by atoms with Crippen molar-refractivity contribution >= 4 is 29.2 Å². The topological polar surface area (TPSA) is 98.1 Å². The second-order valence-electron chi connectivity index (χ2n) is 7.16. The Balaban J connectivity index is 0.000000286. The van der Waals surface area contributed by atoms with Crippen molar-refractivity contribution in [2.45, 2.75) is 31.7 Å². The van der Waals surface area contributed by atoms with Crippen LogP contribution in [-0.4, -0.2) is 70.1 Å². The van der Waals surface area contributed by atoms with E-state index in [1.165, 1.54) is 25.7 Å². The molecule has 3 atom stereocenters. The third kappa shape index (κ3) is 4.24. The highest BCUT2D eigenvalue weighted by Crippen LogP contribution is 2.46. The van der Waals surface area contributed by atoms with Crippen LogP contribution in [0.5, 0.6) is 0 Å². The summed E-state index contributed by atoms with van der Waals surface area (Å²) in [7, 11) is 0. The van der Waals surface area contributed by atoms with Gasteiger partial charge in [-0.2, -0.15) is 0 Å². The smallest absolute Gasteiger partial charge is 0.414 e. The van der Waals surface area contributed by atoms with E-state index in [1.807, 2.05) is 22.4 Å². The third-order valence-corrected chi connectivity index (χ3v) is 6.54. The SMILES string of the molecule is O=C(O)C(=O)O.O=C(c1cccs1)N1CCN(C2CC3CCC2C3)CC1. The van der Waals surface area contributed by atoms with Crippen LogP contribution in [0.25, 0.3) is 0 Å². The largest absolute Gasteiger partial charge is 0.473 e. The van der Waals surface area contributed by atoms with Crippen LogP contribution in [0.2, 0.25) is 0 Å². The fourth-order valence-electron chi connectivity index (χ4n) is 4.47.